The summed E-state index contributed by atoms with van der Waals surface area (Å²) in [4.78, 5) is 17.2. The summed E-state index contributed by atoms with van der Waals surface area (Å²) in [5.74, 6) is 6.27. The number of likely N-dealkylation sites (tertiary alicyclic amines) is 1. The molecule has 2 N–H and O–H groups in total. The van der Waals surface area contributed by atoms with Crippen molar-refractivity contribution in [3.05, 3.63) is 48.2 Å². The van der Waals surface area contributed by atoms with Gasteiger partial charge in [-0.15, -0.1) is 0 Å². The van der Waals surface area contributed by atoms with Crippen molar-refractivity contribution in [3.63, 3.8) is 0 Å². The van der Waals surface area contributed by atoms with Crippen LogP contribution in [0.25, 0.3) is 10.9 Å². The van der Waals surface area contributed by atoms with E-state index in [9.17, 15) is 22.2 Å². The SMILES string of the molecule is CN1CC[C@@H]2Nc3cccc4c3cc(n4CC(F)(F)F)C#CCN(C(=O)OC(C)(C)C)c3cc(cc(S(C)(=N)=O)c3)OCCOCCOCC[C@H]2C1. The van der Waals surface area contributed by atoms with Crippen molar-refractivity contribution in [1.82, 2.24) is 9.47 Å². The number of anilines is 2. The number of ether oxygens (including phenoxy) is 4. The number of amides is 1. The Morgan fingerprint density at radius 1 is 1.06 bits per heavy atom. The molecule has 2 aliphatic heterocycles. The Morgan fingerprint density at radius 3 is 2.50 bits per heavy atom. The number of halogens is 3. The highest BCUT2D eigenvalue weighted by Crippen LogP contribution is 2.33. The van der Waals surface area contributed by atoms with Crippen LogP contribution in [0.5, 0.6) is 5.75 Å². The van der Waals surface area contributed by atoms with E-state index in [1.807, 2.05) is 6.07 Å². The molecular weight excluding hydrogens is 699 g/mol. The first-order chi connectivity index (χ1) is 24.5. The first kappa shape index (κ1) is 39.2. The summed E-state index contributed by atoms with van der Waals surface area (Å²) in [6.45, 7) is 6.89. The highest BCUT2D eigenvalue weighted by atomic mass is 32.2. The maximum absolute atomic E-state index is 14.0. The molecule has 2 aliphatic rings. The maximum atomic E-state index is 14.0. The molecule has 284 valence electrons. The van der Waals surface area contributed by atoms with Gasteiger partial charge in [0, 0.05) is 42.6 Å². The third-order valence-corrected chi connectivity index (χ3v) is 9.89. The van der Waals surface area contributed by atoms with E-state index in [0.717, 1.165) is 30.5 Å². The lowest BCUT2D eigenvalue weighted by Crippen LogP contribution is -2.45. The molecule has 0 saturated carbocycles. The molecule has 3 atom stereocenters. The number of fused-ring (bicyclic) bond motifs is 4. The van der Waals surface area contributed by atoms with E-state index in [1.165, 1.54) is 29.4 Å². The third-order valence-electron chi connectivity index (χ3n) is 8.76. The third kappa shape index (κ3) is 10.8. The summed E-state index contributed by atoms with van der Waals surface area (Å²) in [6, 6.07) is 11.4. The Bertz CT molecular complexity index is 1900. The van der Waals surface area contributed by atoms with E-state index in [2.05, 4.69) is 29.1 Å². The molecule has 4 bridgehead atoms. The molecule has 3 heterocycles. The number of aromatic nitrogens is 1. The molecule has 0 spiro atoms. The van der Waals surface area contributed by atoms with Gasteiger partial charge in [0.05, 0.1) is 57.9 Å². The molecule has 1 saturated heterocycles. The van der Waals surface area contributed by atoms with Gasteiger partial charge in [-0.25, -0.2) is 13.8 Å². The zero-order valence-corrected chi connectivity index (χ0v) is 31.1. The van der Waals surface area contributed by atoms with E-state index >= 15 is 0 Å². The second-order valence-electron chi connectivity index (χ2n) is 14.3. The minimum Gasteiger partial charge on any atom is -0.491 e. The van der Waals surface area contributed by atoms with Crippen molar-refractivity contribution in [2.45, 2.75) is 62.9 Å². The van der Waals surface area contributed by atoms with E-state index in [4.69, 9.17) is 23.7 Å². The van der Waals surface area contributed by atoms with Crippen LogP contribution in [-0.4, -0.2) is 104 Å². The van der Waals surface area contributed by atoms with Crippen molar-refractivity contribution in [1.29, 1.82) is 4.78 Å². The van der Waals surface area contributed by atoms with Gasteiger partial charge in [-0.2, -0.15) is 13.2 Å². The van der Waals surface area contributed by atoms with Gasteiger partial charge in [0.2, 0.25) is 0 Å². The maximum Gasteiger partial charge on any atom is 0.415 e. The van der Waals surface area contributed by atoms with Crippen LogP contribution in [0.3, 0.4) is 0 Å². The largest absolute Gasteiger partial charge is 0.491 e. The topological polar surface area (TPSA) is 118 Å². The Hall–Kier alpha value is -3.97. The number of piperidine rings is 1. The number of carbonyl (C=O) groups is 1. The summed E-state index contributed by atoms with van der Waals surface area (Å²) in [7, 11) is -1.19. The number of nitrogens with one attached hydrogen (secondary N) is 2. The summed E-state index contributed by atoms with van der Waals surface area (Å²) in [5, 5.41) is 4.25. The van der Waals surface area contributed by atoms with Gasteiger partial charge in [-0.3, -0.25) is 4.90 Å². The molecule has 11 nitrogen and oxygen atoms in total. The fraction of sp³-hybridized carbons (Fsp3) is 0.541. The van der Waals surface area contributed by atoms with Crippen molar-refractivity contribution in [2.75, 3.05) is 76.2 Å². The van der Waals surface area contributed by atoms with Crippen LogP contribution in [0, 0.1) is 22.5 Å². The van der Waals surface area contributed by atoms with Crippen LogP contribution >= 0.6 is 0 Å². The number of nitrogens with zero attached hydrogens (tertiary/aromatic N) is 3. The van der Waals surface area contributed by atoms with Crippen LogP contribution in [0.4, 0.5) is 29.3 Å². The van der Waals surface area contributed by atoms with Crippen LogP contribution in [0.15, 0.2) is 47.4 Å². The Morgan fingerprint density at radius 2 is 1.79 bits per heavy atom. The van der Waals surface area contributed by atoms with E-state index in [1.54, 1.807) is 39.0 Å². The minimum atomic E-state index is -4.53. The van der Waals surface area contributed by atoms with Crippen molar-refractivity contribution in [2.24, 2.45) is 5.92 Å². The fourth-order valence-corrected chi connectivity index (χ4v) is 7.03. The van der Waals surface area contributed by atoms with E-state index < -0.39 is 34.1 Å². The molecule has 3 aromatic rings. The molecule has 0 aliphatic carbocycles. The highest BCUT2D eigenvalue weighted by Gasteiger charge is 2.31. The standard InChI is InChI=1S/C37H48F3N5O6S/c1-36(2,3)51-35(46)44-13-7-8-27-22-31-33(9-6-10-34(31)45(27)25-37(38,39)40)42-32-11-14-43(4)24-26(32)12-15-48-16-17-49-18-19-50-29-20-28(44)21-30(23-29)52(5,41)47/h6,9-10,20-23,26,32,41-42H,11-19,24-25H2,1-5H3/t26-,32-,52?/m0/s1. The smallest absolute Gasteiger partial charge is 0.415 e. The molecule has 1 amide bonds. The minimum absolute atomic E-state index is 0.0738. The predicted molar refractivity (Wildman–Crippen MR) is 195 cm³/mol. The zero-order chi connectivity index (χ0) is 37.7. The number of alkyl halides is 3. The monoisotopic (exact) mass is 747 g/mol. The summed E-state index contributed by atoms with van der Waals surface area (Å²) in [6.07, 6.45) is -2.42. The van der Waals surface area contributed by atoms with Crippen LogP contribution in [-0.2, 0) is 30.5 Å². The van der Waals surface area contributed by atoms with Gasteiger partial charge in [0.1, 0.15) is 24.5 Å². The van der Waals surface area contributed by atoms with Gasteiger partial charge < -0.3 is 33.7 Å². The summed E-state index contributed by atoms with van der Waals surface area (Å²) in [5.41, 5.74) is 0.511. The molecule has 1 fully saturated rings. The van der Waals surface area contributed by atoms with Gasteiger partial charge in [-0.1, -0.05) is 12.0 Å². The number of benzene rings is 2. The van der Waals surface area contributed by atoms with Crippen molar-refractivity contribution in [3.8, 4) is 17.6 Å². The van der Waals surface area contributed by atoms with Gasteiger partial charge in [0.15, 0.2) is 0 Å². The lowest BCUT2D eigenvalue weighted by atomic mass is 9.89. The molecule has 5 rings (SSSR count). The highest BCUT2D eigenvalue weighted by molar-refractivity contribution is 7.91. The summed E-state index contributed by atoms with van der Waals surface area (Å²) >= 11 is 0. The molecule has 1 aromatic heterocycles. The van der Waals surface area contributed by atoms with Crippen molar-refractivity contribution < 1.29 is 41.1 Å². The number of hydrogen-bond acceptors (Lipinski definition) is 9. The van der Waals surface area contributed by atoms with Crippen LogP contribution < -0.4 is 15.0 Å². The molecular formula is C37H48F3N5O6S. The fourth-order valence-electron chi connectivity index (χ4n) is 6.34. The zero-order valence-electron chi connectivity index (χ0n) is 30.3. The lowest BCUT2D eigenvalue weighted by Gasteiger charge is -2.38. The summed E-state index contributed by atoms with van der Waals surface area (Å²) < 4.78 is 87.5. The Labute approximate surface area is 303 Å². The Kier molecular flexibility index (Phi) is 12.4. The average Bonchev–Trinajstić information content (AvgIpc) is 3.38. The molecule has 0 radical (unpaired) electrons. The quantitative estimate of drug-likeness (QED) is 0.283. The van der Waals surface area contributed by atoms with E-state index in [0.29, 0.717) is 36.4 Å². The first-order valence-corrected chi connectivity index (χ1v) is 19.2. The number of hydrogen-bond donors (Lipinski definition) is 2. The van der Waals surface area contributed by atoms with E-state index in [-0.39, 0.29) is 53.7 Å². The second kappa shape index (κ2) is 16.4. The molecule has 15 heteroatoms. The normalized spacial score (nSPS) is 21.2. The second-order valence-corrected chi connectivity index (χ2v) is 16.4. The van der Waals surface area contributed by atoms with Gasteiger partial charge >= 0.3 is 12.3 Å². The number of carbonyl (C=O) groups excluding carboxylic acids is 1. The molecule has 2 aromatic carbocycles. The average molecular weight is 748 g/mol. The Balaban J connectivity index is 1.60. The predicted octanol–water partition coefficient (Wildman–Crippen LogP) is 6.58. The first-order valence-electron chi connectivity index (χ1n) is 17.3. The van der Waals surface area contributed by atoms with Gasteiger partial charge in [-0.05, 0) is 89.4 Å². The van der Waals surface area contributed by atoms with Crippen LogP contribution in [0.2, 0.25) is 0 Å². The molecule has 1 unspecified atom stereocenters. The van der Waals surface area contributed by atoms with Gasteiger partial charge in [0.25, 0.3) is 0 Å². The lowest BCUT2D eigenvalue weighted by molar-refractivity contribution is -0.140. The number of rotatable bonds is 2. The van der Waals surface area contributed by atoms with Crippen LogP contribution in [0.1, 0.15) is 39.3 Å². The van der Waals surface area contributed by atoms with Crippen molar-refractivity contribution >= 4 is 38.1 Å². The molecule has 52 heavy (non-hydrogen) atoms.